The van der Waals surface area contributed by atoms with E-state index < -0.39 is 0 Å². The van der Waals surface area contributed by atoms with Crippen LogP contribution in [0.25, 0.3) is 0 Å². The molecule has 0 aliphatic rings. The lowest BCUT2D eigenvalue weighted by Crippen LogP contribution is -2.12. The Morgan fingerprint density at radius 3 is 2.65 bits per heavy atom. The van der Waals surface area contributed by atoms with Crippen LogP contribution in [-0.2, 0) is 0 Å². The molecule has 0 unspecified atom stereocenters. The minimum absolute atomic E-state index is 0.244. The van der Waals surface area contributed by atoms with E-state index in [0.717, 1.165) is 0 Å². The van der Waals surface area contributed by atoms with Crippen LogP contribution in [0.5, 0.6) is 0 Å². The van der Waals surface area contributed by atoms with Crippen molar-refractivity contribution in [1.82, 2.24) is 4.98 Å². The molecule has 0 aliphatic heterocycles. The third-order valence-corrected chi connectivity index (χ3v) is 2.32. The van der Waals surface area contributed by atoms with Crippen LogP contribution in [0.4, 0.5) is 11.4 Å². The lowest BCUT2D eigenvalue weighted by Gasteiger charge is -2.03. The van der Waals surface area contributed by atoms with Gasteiger partial charge in [-0.25, -0.2) is 0 Å². The normalized spacial score (nSPS) is 9.59. The molecule has 0 saturated heterocycles. The predicted octanol–water partition coefficient (Wildman–Crippen LogP) is 1.72. The highest BCUT2D eigenvalue weighted by atomic mass is 16.1. The quantitative estimate of drug-likeness (QED) is 0.727. The molecule has 2 aromatic rings. The van der Waals surface area contributed by atoms with E-state index in [-0.39, 0.29) is 17.3 Å². The zero-order valence-corrected chi connectivity index (χ0v) is 8.90. The van der Waals surface area contributed by atoms with Crippen molar-refractivity contribution in [2.45, 2.75) is 0 Å². The summed E-state index contributed by atoms with van der Waals surface area (Å²) in [7, 11) is 0. The van der Waals surface area contributed by atoms with E-state index in [2.05, 4.69) is 10.3 Å². The Bertz CT molecular complexity index is 580. The zero-order chi connectivity index (χ0) is 12.3. The SMILES string of the molecule is N#Cc1[nH]cc(NC(=O)c2ccccc2)c1N. The number of hydrogen-bond donors (Lipinski definition) is 3. The number of aromatic nitrogens is 1. The van der Waals surface area contributed by atoms with Crippen LogP contribution >= 0.6 is 0 Å². The number of nitrogens with zero attached hydrogens (tertiary/aromatic N) is 1. The number of aromatic amines is 1. The number of benzene rings is 1. The third-order valence-electron chi connectivity index (χ3n) is 2.32. The maximum atomic E-state index is 11.8. The average molecular weight is 226 g/mol. The molecule has 84 valence electrons. The lowest BCUT2D eigenvalue weighted by molar-refractivity contribution is 0.102. The second-order valence-corrected chi connectivity index (χ2v) is 3.42. The van der Waals surface area contributed by atoms with E-state index in [0.29, 0.717) is 11.3 Å². The van der Waals surface area contributed by atoms with Gasteiger partial charge in [-0.05, 0) is 12.1 Å². The van der Waals surface area contributed by atoms with Crippen LogP contribution in [0.3, 0.4) is 0 Å². The first-order valence-corrected chi connectivity index (χ1v) is 4.95. The van der Waals surface area contributed by atoms with Crippen molar-refractivity contribution in [1.29, 1.82) is 5.26 Å². The topological polar surface area (TPSA) is 94.7 Å². The van der Waals surface area contributed by atoms with Crippen molar-refractivity contribution in [3.63, 3.8) is 0 Å². The molecule has 0 aliphatic carbocycles. The van der Waals surface area contributed by atoms with Gasteiger partial charge < -0.3 is 16.0 Å². The molecule has 2 rings (SSSR count). The van der Waals surface area contributed by atoms with Gasteiger partial charge >= 0.3 is 0 Å². The van der Waals surface area contributed by atoms with Crippen molar-refractivity contribution in [2.75, 3.05) is 11.1 Å². The van der Waals surface area contributed by atoms with Crippen molar-refractivity contribution < 1.29 is 4.79 Å². The van der Waals surface area contributed by atoms with E-state index in [1.54, 1.807) is 24.3 Å². The Kier molecular flexibility index (Phi) is 2.79. The highest BCUT2D eigenvalue weighted by Gasteiger charge is 2.11. The molecule has 1 heterocycles. The number of nitrogens with two attached hydrogens (primary N) is 1. The highest BCUT2D eigenvalue weighted by Crippen LogP contribution is 2.22. The molecule has 17 heavy (non-hydrogen) atoms. The van der Waals surface area contributed by atoms with E-state index >= 15 is 0 Å². The third kappa shape index (κ3) is 2.11. The molecule has 0 fully saturated rings. The van der Waals surface area contributed by atoms with Gasteiger partial charge in [-0.2, -0.15) is 5.26 Å². The Balaban J connectivity index is 2.20. The first kappa shape index (κ1) is 10.8. The molecule has 1 amide bonds. The van der Waals surface area contributed by atoms with Crippen LogP contribution < -0.4 is 11.1 Å². The molecule has 5 heteroatoms. The largest absolute Gasteiger partial charge is 0.395 e. The number of nitriles is 1. The Labute approximate surface area is 97.9 Å². The molecule has 1 aromatic carbocycles. The molecule has 5 nitrogen and oxygen atoms in total. The molecule has 0 radical (unpaired) electrons. The summed E-state index contributed by atoms with van der Waals surface area (Å²) in [4.78, 5) is 14.5. The standard InChI is InChI=1S/C12H10N4O/c13-6-9-11(14)10(7-15-9)16-12(17)8-4-2-1-3-5-8/h1-5,7,15H,14H2,(H,16,17). The van der Waals surface area contributed by atoms with E-state index in [1.807, 2.05) is 12.1 Å². The van der Waals surface area contributed by atoms with Crippen molar-refractivity contribution in [2.24, 2.45) is 0 Å². The fourth-order valence-electron chi connectivity index (χ4n) is 1.41. The maximum Gasteiger partial charge on any atom is 0.255 e. The smallest absolute Gasteiger partial charge is 0.255 e. The minimum Gasteiger partial charge on any atom is -0.395 e. The Morgan fingerprint density at radius 1 is 1.35 bits per heavy atom. The molecule has 0 bridgehead atoms. The van der Waals surface area contributed by atoms with Gasteiger partial charge in [-0.15, -0.1) is 0 Å². The van der Waals surface area contributed by atoms with Gasteiger partial charge in [0.15, 0.2) is 0 Å². The molecule has 1 aromatic heterocycles. The summed E-state index contributed by atoms with van der Waals surface area (Å²) in [6.45, 7) is 0. The molecule has 0 saturated carbocycles. The number of amides is 1. The second kappa shape index (κ2) is 4.41. The number of nitrogens with one attached hydrogen (secondary N) is 2. The molecule has 4 N–H and O–H groups in total. The summed E-state index contributed by atoms with van der Waals surface area (Å²) in [6, 6.07) is 10.7. The number of H-pyrrole nitrogens is 1. The van der Waals surface area contributed by atoms with Crippen LogP contribution in [0.2, 0.25) is 0 Å². The second-order valence-electron chi connectivity index (χ2n) is 3.42. The monoisotopic (exact) mass is 226 g/mol. The van der Waals surface area contributed by atoms with Crippen molar-refractivity contribution in [3.8, 4) is 6.07 Å². The van der Waals surface area contributed by atoms with Crippen LogP contribution in [0.15, 0.2) is 36.5 Å². The maximum absolute atomic E-state index is 11.8. The lowest BCUT2D eigenvalue weighted by atomic mass is 10.2. The first-order valence-electron chi connectivity index (χ1n) is 4.95. The van der Waals surface area contributed by atoms with Crippen LogP contribution in [0, 0.1) is 11.3 Å². The summed E-state index contributed by atoms with van der Waals surface area (Å²) in [5.74, 6) is -0.263. The van der Waals surface area contributed by atoms with Gasteiger partial charge in [0.05, 0.1) is 11.4 Å². The van der Waals surface area contributed by atoms with Gasteiger partial charge in [0, 0.05) is 11.8 Å². The number of rotatable bonds is 2. The van der Waals surface area contributed by atoms with E-state index in [4.69, 9.17) is 11.0 Å². The van der Waals surface area contributed by atoms with Crippen LogP contribution in [0.1, 0.15) is 16.1 Å². The fourth-order valence-corrected chi connectivity index (χ4v) is 1.41. The van der Waals surface area contributed by atoms with Crippen LogP contribution in [-0.4, -0.2) is 10.9 Å². The summed E-state index contributed by atoms with van der Waals surface area (Å²) in [6.07, 6.45) is 1.49. The van der Waals surface area contributed by atoms with Crippen molar-refractivity contribution in [3.05, 3.63) is 47.8 Å². The van der Waals surface area contributed by atoms with Crippen molar-refractivity contribution >= 4 is 17.3 Å². The van der Waals surface area contributed by atoms with Gasteiger partial charge in [-0.3, -0.25) is 4.79 Å². The number of anilines is 2. The molecule has 0 atom stereocenters. The average Bonchev–Trinajstić information content (AvgIpc) is 2.71. The minimum atomic E-state index is -0.263. The Morgan fingerprint density at radius 2 is 2.06 bits per heavy atom. The van der Waals surface area contributed by atoms with E-state index in [9.17, 15) is 4.79 Å². The van der Waals surface area contributed by atoms with Gasteiger partial charge in [-0.1, -0.05) is 18.2 Å². The Hall–Kier alpha value is -2.74. The first-order chi connectivity index (χ1) is 8.22. The number of carbonyl (C=O) groups excluding carboxylic acids is 1. The summed E-state index contributed by atoms with van der Waals surface area (Å²) in [5, 5.41) is 11.3. The summed E-state index contributed by atoms with van der Waals surface area (Å²) in [5.41, 5.74) is 7.11. The number of hydrogen-bond acceptors (Lipinski definition) is 3. The van der Waals surface area contributed by atoms with Gasteiger partial charge in [0.25, 0.3) is 5.91 Å². The molecular weight excluding hydrogens is 216 g/mol. The summed E-state index contributed by atoms with van der Waals surface area (Å²) >= 11 is 0. The highest BCUT2D eigenvalue weighted by molar-refractivity contribution is 6.05. The predicted molar refractivity (Wildman–Crippen MR) is 64.3 cm³/mol. The molecule has 0 spiro atoms. The molecular formula is C12H10N4O. The fraction of sp³-hybridized carbons (Fsp3) is 0. The van der Waals surface area contributed by atoms with Gasteiger partial charge in [0.1, 0.15) is 11.8 Å². The van der Waals surface area contributed by atoms with Gasteiger partial charge in [0.2, 0.25) is 0 Å². The van der Waals surface area contributed by atoms with E-state index in [1.165, 1.54) is 6.20 Å². The number of carbonyl (C=O) groups is 1. The zero-order valence-electron chi connectivity index (χ0n) is 8.90. The number of nitrogen functional groups attached to an aromatic ring is 1. The summed E-state index contributed by atoms with van der Waals surface area (Å²) < 4.78 is 0.